The highest BCUT2D eigenvalue weighted by atomic mass is 79.9. The average molecular weight is 386 g/mol. The van der Waals surface area contributed by atoms with Crippen molar-refractivity contribution >= 4 is 46.6 Å². The molecule has 0 aliphatic carbocycles. The summed E-state index contributed by atoms with van der Waals surface area (Å²) in [7, 11) is 1.73. The Labute approximate surface area is 135 Å². The van der Waals surface area contributed by atoms with Crippen molar-refractivity contribution in [3.05, 3.63) is 58.8 Å². The lowest BCUT2D eigenvalue weighted by Crippen LogP contribution is -1.94. The van der Waals surface area contributed by atoms with E-state index in [-0.39, 0.29) is 5.75 Å². The minimum absolute atomic E-state index is 0.207. The summed E-state index contributed by atoms with van der Waals surface area (Å²) in [6.45, 7) is 0. The molecule has 0 amide bonds. The van der Waals surface area contributed by atoms with Gasteiger partial charge in [-0.2, -0.15) is 0 Å². The second-order valence-corrected chi connectivity index (χ2v) is 8.13. The molecule has 3 aromatic rings. The molecule has 1 heterocycles. The number of halogens is 2. The van der Waals surface area contributed by atoms with E-state index in [1.807, 2.05) is 30.3 Å². The molecule has 0 spiro atoms. The lowest BCUT2D eigenvalue weighted by atomic mass is 10.0. The van der Waals surface area contributed by atoms with Crippen LogP contribution in [0.4, 0.5) is 0 Å². The van der Waals surface area contributed by atoms with Crippen LogP contribution in [0.15, 0.2) is 57.6 Å². The summed E-state index contributed by atoms with van der Waals surface area (Å²) >= 11 is 3.42. The summed E-state index contributed by atoms with van der Waals surface area (Å²) in [5, 5.41) is 0.853. The van der Waals surface area contributed by atoms with Gasteiger partial charge in [-0.1, -0.05) is 36.4 Å². The van der Waals surface area contributed by atoms with Crippen molar-refractivity contribution in [3.63, 3.8) is 0 Å². The van der Waals surface area contributed by atoms with Gasteiger partial charge in [-0.3, -0.25) is 0 Å². The van der Waals surface area contributed by atoms with Crippen LogP contribution < -0.4 is 0 Å². The predicted octanol–water partition coefficient (Wildman–Crippen LogP) is 4.93. The summed E-state index contributed by atoms with van der Waals surface area (Å²) in [5.74, 6) is -0.207. The molecule has 108 valence electrons. The smallest absolute Gasteiger partial charge is 0.236 e. The van der Waals surface area contributed by atoms with Crippen molar-refractivity contribution in [1.29, 1.82) is 0 Å². The molecule has 2 aromatic carbocycles. The Balaban J connectivity index is 2.20. The molecule has 0 bridgehead atoms. The molecule has 0 aliphatic rings. The van der Waals surface area contributed by atoms with Gasteiger partial charge in [0.15, 0.2) is 4.67 Å². The van der Waals surface area contributed by atoms with Gasteiger partial charge in [0.05, 0.1) is 5.75 Å². The lowest BCUT2D eigenvalue weighted by molar-refractivity contribution is 0.588. The third-order valence-corrected chi connectivity index (χ3v) is 4.67. The van der Waals surface area contributed by atoms with Gasteiger partial charge in [-0.25, -0.2) is 8.42 Å². The molecule has 21 heavy (non-hydrogen) atoms. The summed E-state index contributed by atoms with van der Waals surface area (Å²) in [5.41, 5.74) is 3.22. The van der Waals surface area contributed by atoms with Crippen molar-refractivity contribution in [2.24, 2.45) is 0 Å². The first kappa shape index (κ1) is 14.6. The Bertz CT molecular complexity index is 901. The highest BCUT2D eigenvalue weighted by molar-refractivity contribution is 9.10. The van der Waals surface area contributed by atoms with Crippen LogP contribution in [0.5, 0.6) is 0 Å². The molecule has 0 atom stereocenters. The predicted molar refractivity (Wildman–Crippen MR) is 87.8 cm³/mol. The first-order valence-electron chi connectivity index (χ1n) is 6.13. The van der Waals surface area contributed by atoms with Crippen LogP contribution in [-0.2, 0) is 14.8 Å². The number of hydrogen-bond acceptors (Lipinski definition) is 3. The number of furan rings is 1. The fourth-order valence-electron chi connectivity index (χ4n) is 2.28. The molecule has 0 radical (unpaired) electrons. The molecule has 0 fully saturated rings. The molecule has 3 rings (SSSR count). The SMILES string of the molecule is O=S(=O)(Cl)Cc1ccc2oc(Br)c(-c3ccccc3)c2c1. The van der Waals surface area contributed by atoms with E-state index in [9.17, 15) is 8.42 Å². The van der Waals surface area contributed by atoms with E-state index in [0.29, 0.717) is 15.8 Å². The van der Waals surface area contributed by atoms with E-state index in [1.54, 1.807) is 18.2 Å². The largest absolute Gasteiger partial charge is 0.449 e. The van der Waals surface area contributed by atoms with Crippen LogP contribution in [0, 0.1) is 0 Å². The summed E-state index contributed by atoms with van der Waals surface area (Å²) in [6.07, 6.45) is 0. The Kier molecular flexibility index (Phi) is 3.82. The quantitative estimate of drug-likeness (QED) is 0.601. The Hall–Kier alpha value is -1.30. The third-order valence-electron chi connectivity index (χ3n) is 3.11. The molecule has 0 N–H and O–H groups in total. The van der Waals surface area contributed by atoms with Gasteiger partial charge in [0.25, 0.3) is 0 Å². The summed E-state index contributed by atoms with van der Waals surface area (Å²) in [6, 6.07) is 15.0. The number of hydrogen-bond donors (Lipinski definition) is 0. The maximum atomic E-state index is 11.2. The first-order valence-corrected chi connectivity index (χ1v) is 9.40. The molecular formula is C15H10BrClO3S. The minimum atomic E-state index is -3.59. The molecule has 6 heteroatoms. The van der Waals surface area contributed by atoms with E-state index in [1.165, 1.54) is 0 Å². The third kappa shape index (κ3) is 3.15. The van der Waals surface area contributed by atoms with E-state index < -0.39 is 9.05 Å². The lowest BCUT2D eigenvalue weighted by Gasteiger charge is -2.01. The zero-order valence-corrected chi connectivity index (χ0v) is 13.9. The maximum Gasteiger partial charge on any atom is 0.236 e. The minimum Gasteiger partial charge on any atom is -0.449 e. The number of rotatable bonds is 3. The standard InChI is InChI=1S/C15H10BrClO3S/c16-15-14(11-4-2-1-3-5-11)12-8-10(9-21(17,18)19)6-7-13(12)20-15/h1-8H,9H2. The van der Waals surface area contributed by atoms with Gasteiger partial charge in [0.2, 0.25) is 9.05 Å². The van der Waals surface area contributed by atoms with E-state index in [4.69, 9.17) is 15.1 Å². The number of benzene rings is 2. The average Bonchev–Trinajstić information content (AvgIpc) is 2.73. The van der Waals surface area contributed by atoms with Gasteiger partial charge < -0.3 is 4.42 Å². The monoisotopic (exact) mass is 384 g/mol. The van der Waals surface area contributed by atoms with E-state index >= 15 is 0 Å². The Morgan fingerprint density at radius 3 is 2.48 bits per heavy atom. The second-order valence-electron chi connectivity index (χ2n) is 4.63. The zero-order chi connectivity index (χ0) is 15.0. The van der Waals surface area contributed by atoms with Gasteiger partial charge in [0.1, 0.15) is 5.58 Å². The van der Waals surface area contributed by atoms with Gasteiger partial charge >= 0.3 is 0 Å². The van der Waals surface area contributed by atoms with Crippen molar-refractivity contribution < 1.29 is 12.8 Å². The maximum absolute atomic E-state index is 11.2. The molecule has 0 saturated heterocycles. The van der Waals surface area contributed by atoms with Crippen molar-refractivity contribution in [1.82, 2.24) is 0 Å². The van der Waals surface area contributed by atoms with Crippen LogP contribution in [0.2, 0.25) is 0 Å². The molecule has 1 aromatic heterocycles. The van der Waals surface area contributed by atoms with Gasteiger partial charge in [-0.15, -0.1) is 0 Å². The molecular weight excluding hydrogens is 376 g/mol. The number of fused-ring (bicyclic) bond motifs is 1. The van der Waals surface area contributed by atoms with Crippen LogP contribution in [0.25, 0.3) is 22.1 Å². The van der Waals surface area contributed by atoms with Gasteiger partial charge in [0, 0.05) is 21.6 Å². The molecule has 0 saturated carbocycles. The second kappa shape index (κ2) is 5.48. The van der Waals surface area contributed by atoms with E-state index in [0.717, 1.165) is 16.5 Å². The summed E-state index contributed by atoms with van der Waals surface area (Å²) < 4.78 is 28.8. The molecule has 0 aliphatic heterocycles. The Morgan fingerprint density at radius 1 is 1.10 bits per heavy atom. The van der Waals surface area contributed by atoms with Crippen molar-refractivity contribution in [2.45, 2.75) is 5.75 Å². The zero-order valence-electron chi connectivity index (χ0n) is 10.7. The topological polar surface area (TPSA) is 47.3 Å². The molecule has 3 nitrogen and oxygen atoms in total. The highest BCUT2D eigenvalue weighted by Gasteiger charge is 2.16. The fourth-order valence-corrected chi connectivity index (χ4v) is 3.85. The highest BCUT2D eigenvalue weighted by Crippen LogP contribution is 2.38. The molecule has 0 unspecified atom stereocenters. The Morgan fingerprint density at radius 2 is 1.81 bits per heavy atom. The van der Waals surface area contributed by atoms with Gasteiger partial charge in [-0.05, 0) is 39.2 Å². The van der Waals surface area contributed by atoms with Crippen molar-refractivity contribution in [3.8, 4) is 11.1 Å². The first-order chi connectivity index (χ1) is 9.94. The van der Waals surface area contributed by atoms with Crippen LogP contribution in [-0.4, -0.2) is 8.42 Å². The fraction of sp³-hybridized carbons (Fsp3) is 0.0667. The van der Waals surface area contributed by atoms with E-state index in [2.05, 4.69) is 15.9 Å². The normalized spacial score (nSPS) is 11.9. The van der Waals surface area contributed by atoms with Crippen LogP contribution in [0.1, 0.15) is 5.56 Å². The van der Waals surface area contributed by atoms with Crippen LogP contribution >= 0.6 is 26.6 Å². The van der Waals surface area contributed by atoms with Crippen LogP contribution in [0.3, 0.4) is 0 Å². The summed E-state index contributed by atoms with van der Waals surface area (Å²) in [4.78, 5) is 0. The van der Waals surface area contributed by atoms with Crippen molar-refractivity contribution in [2.75, 3.05) is 0 Å².